The molecule has 0 atom stereocenters. The van der Waals surface area contributed by atoms with Crippen molar-refractivity contribution in [2.75, 3.05) is 46.3 Å². The van der Waals surface area contributed by atoms with Crippen LogP contribution in [0.4, 0.5) is 0 Å². The van der Waals surface area contributed by atoms with Crippen molar-refractivity contribution in [3.8, 4) is 10.4 Å². The molecule has 29 heavy (non-hydrogen) atoms. The fourth-order valence-electron chi connectivity index (χ4n) is 3.59. The molecule has 3 nitrogen and oxygen atoms in total. The van der Waals surface area contributed by atoms with Gasteiger partial charge in [-0.2, -0.15) is 0 Å². The van der Waals surface area contributed by atoms with Crippen LogP contribution in [0.2, 0.25) is 5.02 Å². The van der Waals surface area contributed by atoms with Crippen molar-refractivity contribution in [3.63, 3.8) is 0 Å². The normalized spacial score (nSPS) is 16.6. The van der Waals surface area contributed by atoms with E-state index in [2.05, 4.69) is 69.2 Å². The predicted octanol–water partition coefficient (Wildman–Crippen LogP) is 5.52. The Morgan fingerprint density at radius 2 is 1.79 bits per heavy atom. The Balaban J connectivity index is 1.58. The van der Waals surface area contributed by atoms with Gasteiger partial charge in [0.2, 0.25) is 0 Å². The first-order valence-corrected chi connectivity index (χ1v) is 12.0. The van der Waals surface area contributed by atoms with Crippen LogP contribution in [-0.2, 0) is 0 Å². The maximum atomic E-state index is 6.07. The summed E-state index contributed by atoms with van der Waals surface area (Å²) in [5.41, 5.74) is 1.18. The molecule has 0 amide bonds. The number of nitrogens with zero attached hydrogens (tertiary/aromatic N) is 3. The van der Waals surface area contributed by atoms with E-state index in [1.807, 2.05) is 12.1 Å². The van der Waals surface area contributed by atoms with Crippen molar-refractivity contribution >= 4 is 49.0 Å². The van der Waals surface area contributed by atoms with E-state index >= 15 is 0 Å². The van der Waals surface area contributed by atoms with Gasteiger partial charge in [-0.05, 0) is 62.0 Å². The predicted molar refractivity (Wildman–Crippen MR) is 129 cm³/mol. The molecule has 152 valence electrons. The van der Waals surface area contributed by atoms with E-state index in [0.29, 0.717) is 0 Å². The molecule has 1 fully saturated rings. The van der Waals surface area contributed by atoms with Crippen LogP contribution in [-0.4, -0.2) is 56.1 Å². The van der Waals surface area contributed by atoms with E-state index in [-0.39, 0.29) is 0 Å². The number of benzene rings is 2. The number of rotatable bonds is 5. The van der Waals surface area contributed by atoms with Gasteiger partial charge in [0.05, 0.1) is 5.36 Å². The topological polar surface area (TPSA) is 18.8 Å². The molecule has 0 unspecified atom stereocenters. The Morgan fingerprint density at radius 1 is 1.03 bits per heavy atom. The number of hydrogen-bond donors (Lipinski definition) is 0. The maximum absolute atomic E-state index is 6.07. The molecule has 0 bridgehead atoms. The molecule has 1 aliphatic rings. The minimum atomic E-state index is 0.761. The van der Waals surface area contributed by atoms with Crippen molar-refractivity contribution in [1.29, 1.82) is 0 Å². The van der Waals surface area contributed by atoms with Gasteiger partial charge in [-0.3, -0.25) is 4.99 Å². The van der Waals surface area contributed by atoms with E-state index in [0.717, 1.165) is 34.4 Å². The summed E-state index contributed by atoms with van der Waals surface area (Å²) in [4.78, 5) is 11.2. The van der Waals surface area contributed by atoms with Gasteiger partial charge < -0.3 is 9.80 Å². The Hall–Kier alpha value is -1.24. The monoisotopic (exact) mass is 489 g/mol. The minimum absolute atomic E-state index is 0.761. The smallest absolute Gasteiger partial charge is 0.0675 e. The van der Waals surface area contributed by atoms with Crippen molar-refractivity contribution < 1.29 is 0 Å². The third kappa shape index (κ3) is 5.47. The molecule has 1 saturated heterocycles. The van der Waals surface area contributed by atoms with Crippen LogP contribution >= 0.6 is 38.9 Å². The van der Waals surface area contributed by atoms with Gasteiger partial charge in [0.1, 0.15) is 0 Å². The molecule has 0 spiro atoms. The first kappa shape index (κ1) is 21.0. The van der Waals surface area contributed by atoms with Crippen LogP contribution in [0.3, 0.4) is 0 Å². The van der Waals surface area contributed by atoms with Gasteiger partial charge in [-0.1, -0.05) is 39.7 Å². The van der Waals surface area contributed by atoms with E-state index in [1.165, 1.54) is 46.7 Å². The number of hydrogen-bond acceptors (Lipinski definition) is 4. The zero-order valence-electron chi connectivity index (χ0n) is 16.6. The van der Waals surface area contributed by atoms with Crippen molar-refractivity contribution in [2.24, 2.45) is 4.99 Å². The molecular formula is C23H25BrClN3S. The number of halogens is 2. The third-order valence-electron chi connectivity index (χ3n) is 5.34. The fourth-order valence-corrected chi connectivity index (χ4v) is 5.15. The van der Waals surface area contributed by atoms with Crippen molar-refractivity contribution in [1.82, 2.24) is 9.80 Å². The van der Waals surface area contributed by atoms with E-state index < -0.39 is 0 Å². The van der Waals surface area contributed by atoms with Crippen LogP contribution in [0.25, 0.3) is 20.5 Å². The molecule has 6 heteroatoms. The summed E-state index contributed by atoms with van der Waals surface area (Å²) in [5.74, 6) is 0. The summed E-state index contributed by atoms with van der Waals surface area (Å²) in [6, 6.07) is 16.7. The molecule has 0 saturated carbocycles. The first-order chi connectivity index (χ1) is 14.1. The second-order valence-corrected chi connectivity index (χ2v) is 9.96. The summed E-state index contributed by atoms with van der Waals surface area (Å²) in [5, 5.41) is 3.04. The van der Waals surface area contributed by atoms with Gasteiger partial charge in [0, 0.05) is 57.2 Å². The first-order valence-electron chi connectivity index (χ1n) is 9.99. The average Bonchev–Trinajstić information content (AvgIpc) is 2.73. The van der Waals surface area contributed by atoms with Crippen LogP contribution in [0, 0.1) is 0 Å². The summed E-state index contributed by atoms with van der Waals surface area (Å²) < 4.78 is 2.34. The lowest BCUT2D eigenvalue weighted by molar-refractivity contribution is 0.153. The van der Waals surface area contributed by atoms with E-state index in [9.17, 15) is 0 Å². The fraction of sp³-hybridized carbons (Fsp3) is 0.348. The summed E-state index contributed by atoms with van der Waals surface area (Å²) in [6.45, 7) is 6.64. The SMILES string of the molecule is CN1CCN(CCCN=c2cc(-c3ccc(Cl)cc3)sc3ccc(Br)cc23)CC1. The van der Waals surface area contributed by atoms with Crippen LogP contribution in [0.1, 0.15) is 6.42 Å². The molecule has 1 aliphatic heterocycles. The standard InChI is InChI=1S/C23H25BrClN3S/c1-27-11-13-28(14-12-27)10-2-9-26-21-16-23(17-3-6-19(25)7-4-17)29-22-8-5-18(24)15-20(21)22/h3-8,15-16H,2,9-14H2,1H3. The third-order valence-corrected chi connectivity index (χ3v) is 7.24. The van der Waals surface area contributed by atoms with Gasteiger partial charge in [-0.15, -0.1) is 11.3 Å². The highest BCUT2D eigenvalue weighted by Crippen LogP contribution is 2.30. The van der Waals surface area contributed by atoms with Crippen molar-refractivity contribution in [2.45, 2.75) is 6.42 Å². The highest BCUT2D eigenvalue weighted by atomic mass is 79.9. The minimum Gasteiger partial charge on any atom is -0.304 e. The van der Waals surface area contributed by atoms with Crippen molar-refractivity contribution in [3.05, 3.63) is 63.4 Å². The molecule has 1 aromatic heterocycles. The number of piperazine rings is 1. The van der Waals surface area contributed by atoms with E-state index in [1.54, 1.807) is 11.3 Å². The molecule has 2 heterocycles. The molecule has 2 aromatic carbocycles. The lowest BCUT2D eigenvalue weighted by atomic mass is 10.1. The zero-order valence-corrected chi connectivity index (χ0v) is 19.7. The highest BCUT2D eigenvalue weighted by molar-refractivity contribution is 9.10. The number of fused-ring (bicyclic) bond motifs is 1. The molecular weight excluding hydrogens is 466 g/mol. The highest BCUT2D eigenvalue weighted by Gasteiger charge is 2.12. The van der Waals surface area contributed by atoms with Gasteiger partial charge in [0.25, 0.3) is 0 Å². The Kier molecular flexibility index (Phi) is 7.04. The summed E-state index contributed by atoms with van der Waals surface area (Å²) >= 11 is 11.5. The van der Waals surface area contributed by atoms with Crippen LogP contribution in [0.15, 0.2) is 58.0 Å². The Bertz CT molecular complexity index is 1040. The summed E-state index contributed by atoms with van der Waals surface area (Å²) in [7, 11) is 2.20. The number of likely N-dealkylation sites (N-methyl/N-ethyl adjacent to an activating group) is 1. The van der Waals surface area contributed by atoms with Crippen LogP contribution < -0.4 is 5.36 Å². The molecule has 0 radical (unpaired) electrons. The van der Waals surface area contributed by atoms with E-state index in [4.69, 9.17) is 16.6 Å². The molecule has 0 N–H and O–H groups in total. The van der Waals surface area contributed by atoms with Gasteiger partial charge in [-0.25, -0.2) is 0 Å². The zero-order chi connectivity index (χ0) is 20.2. The largest absolute Gasteiger partial charge is 0.304 e. The summed E-state index contributed by atoms with van der Waals surface area (Å²) in [6.07, 6.45) is 1.09. The maximum Gasteiger partial charge on any atom is 0.0675 e. The Morgan fingerprint density at radius 3 is 2.55 bits per heavy atom. The lowest BCUT2D eigenvalue weighted by Crippen LogP contribution is -2.44. The van der Waals surface area contributed by atoms with Gasteiger partial charge >= 0.3 is 0 Å². The molecule has 4 rings (SSSR count). The van der Waals surface area contributed by atoms with Gasteiger partial charge in [0.15, 0.2) is 0 Å². The average molecular weight is 491 g/mol. The lowest BCUT2D eigenvalue weighted by Gasteiger charge is -2.32. The molecule has 3 aromatic rings. The molecule has 0 aliphatic carbocycles. The second kappa shape index (κ2) is 9.71. The Labute approximate surface area is 189 Å². The second-order valence-electron chi connectivity index (χ2n) is 7.52. The quantitative estimate of drug-likeness (QED) is 0.438. The van der Waals surface area contributed by atoms with Crippen LogP contribution in [0.5, 0.6) is 0 Å².